The van der Waals surface area contributed by atoms with Gasteiger partial charge in [0, 0.05) is 17.0 Å². The van der Waals surface area contributed by atoms with E-state index >= 15 is 0 Å². The summed E-state index contributed by atoms with van der Waals surface area (Å²) in [6, 6.07) is 4.89. The molecule has 0 spiro atoms. The molecule has 0 saturated heterocycles. The fourth-order valence-corrected chi connectivity index (χ4v) is 3.01. The molecular formula is C16H19BrFN3. The number of benzene rings is 1. The van der Waals surface area contributed by atoms with Crippen LogP contribution in [0.15, 0.2) is 22.7 Å². The average Bonchev–Trinajstić information content (AvgIpc) is 3.15. The summed E-state index contributed by atoms with van der Waals surface area (Å²) in [4.78, 5) is 4.77. The minimum atomic E-state index is -0.282. The van der Waals surface area contributed by atoms with Crippen LogP contribution in [-0.2, 0) is 5.54 Å². The second-order valence-electron chi connectivity index (χ2n) is 6.61. The third-order valence-corrected chi connectivity index (χ3v) is 4.35. The molecule has 3 rings (SSSR count). The number of nitrogen functional groups attached to an aromatic ring is 1. The summed E-state index contributed by atoms with van der Waals surface area (Å²) in [7, 11) is 0. The second kappa shape index (κ2) is 4.83. The minimum absolute atomic E-state index is 0.121. The van der Waals surface area contributed by atoms with Gasteiger partial charge in [-0.2, -0.15) is 0 Å². The van der Waals surface area contributed by atoms with Gasteiger partial charge in [0.05, 0.1) is 4.47 Å². The maximum atomic E-state index is 13.4. The van der Waals surface area contributed by atoms with E-state index in [0.717, 1.165) is 17.1 Å². The van der Waals surface area contributed by atoms with E-state index in [2.05, 4.69) is 41.3 Å². The number of hydrogen-bond acceptors (Lipinski definition) is 2. The van der Waals surface area contributed by atoms with Crippen molar-refractivity contribution >= 4 is 21.7 Å². The van der Waals surface area contributed by atoms with E-state index in [9.17, 15) is 4.39 Å². The van der Waals surface area contributed by atoms with Gasteiger partial charge in [-0.1, -0.05) is 0 Å². The van der Waals surface area contributed by atoms with Crippen molar-refractivity contribution < 1.29 is 4.39 Å². The molecule has 0 radical (unpaired) electrons. The number of halogens is 2. The van der Waals surface area contributed by atoms with Gasteiger partial charge in [0.25, 0.3) is 0 Å². The molecule has 1 heterocycles. The lowest BCUT2D eigenvalue weighted by Gasteiger charge is -2.25. The molecular weight excluding hydrogens is 333 g/mol. The summed E-state index contributed by atoms with van der Waals surface area (Å²) in [5.74, 6) is 1.93. The van der Waals surface area contributed by atoms with Crippen molar-refractivity contribution in [3.63, 3.8) is 0 Å². The molecule has 1 saturated carbocycles. The van der Waals surface area contributed by atoms with Crippen molar-refractivity contribution in [1.82, 2.24) is 9.55 Å². The Labute approximate surface area is 132 Å². The molecule has 1 aromatic heterocycles. The molecule has 1 aromatic carbocycles. The quantitative estimate of drug-likeness (QED) is 0.854. The van der Waals surface area contributed by atoms with Gasteiger partial charge in [-0.15, -0.1) is 0 Å². The summed E-state index contributed by atoms with van der Waals surface area (Å²) in [6.45, 7) is 6.38. The number of aromatic nitrogens is 2. The first-order valence-corrected chi connectivity index (χ1v) is 7.92. The van der Waals surface area contributed by atoms with E-state index in [4.69, 9.17) is 10.7 Å². The van der Waals surface area contributed by atoms with Crippen LogP contribution in [0.3, 0.4) is 0 Å². The van der Waals surface area contributed by atoms with Crippen LogP contribution in [-0.4, -0.2) is 9.55 Å². The Bertz CT molecular complexity index is 696. The summed E-state index contributed by atoms with van der Waals surface area (Å²) in [5.41, 5.74) is 7.83. The number of anilines is 1. The van der Waals surface area contributed by atoms with Crippen molar-refractivity contribution in [2.75, 3.05) is 5.73 Å². The summed E-state index contributed by atoms with van der Waals surface area (Å²) in [5, 5.41) is 0. The maximum Gasteiger partial charge on any atom is 0.137 e. The zero-order valence-corrected chi connectivity index (χ0v) is 14.0. The van der Waals surface area contributed by atoms with Crippen LogP contribution in [0.1, 0.15) is 45.4 Å². The van der Waals surface area contributed by atoms with Gasteiger partial charge in [-0.05, 0) is 67.7 Å². The molecule has 1 aliphatic rings. The van der Waals surface area contributed by atoms with E-state index in [1.54, 1.807) is 12.1 Å². The standard InChI is InChI=1S/C16H19BrFN3/c1-16(2,3)21-14(19)13(20-15(21)9-4-5-9)10-6-7-12(18)11(17)8-10/h6-9H,4-5,19H2,1-3H3. The number of nitrogens with two attached hydrogens (primary N) is 1. The van der Waals surface area contributed by atoms with E-state index in [-0.39, 0.29) is 11.4 Å². The molecule has 1 fully saturated rings. The molecule has 0 amide bonds. The van der Waals surface area contributed by atoms with E-state index in [1.165, 1.54) is 18.9 Å². The van der Waals surface area contributed by atoms with Crippen molar-refractivity contribution in [2.45, 2.75) is 45.1 Å². The first kappa shape index (κ1) is 14.6. The largest absolute Gasteiger partial charge is 0.383 e. The molecule has 0 bridgehead atoms. The Morgan fingerprint density at radius 2 is 2.00 bits per heavy atom. The monoisotopic (exact) mass is 351 g/mol. The third-order valence-electron chi connectivity index (χ3n) is 3.75. The van der Waals surface area contributed by atoms with Crippen molar-refractivity contribution in [3.8, 4) is 11.3 Å². The van der Waals surface area contributed by atoms with Crippen LogP contribution in [0, 0.1) is 5.82 Å². The molecule has 0 unspecified atom stereocenters. The summed E-state index contributed by atoms with van der Waals surface area (Å²) in [6.07, 6.45) is 2.33. The SMILES string of the molecule is CC(C)(C)n1c(C2CC2)nc(-c2ccc(F)c(Br)c2)c1N. The highest BCUT2D eigenvalue weighted by molar-refractivity contribution is 9.10. The fourth-order valence-electron chi connectivity index (χ4n) is 2.63. The predicted molar refractivity (Wildman–Crippen MR) is 86.7 cm³/mol. The first-order chi connectivity index (χ1) is 9.79. The summed E-state index contributed by atoms with van der Waals surface area (Å²) >= 11 is 3.22. The molecule has 3 nitrogen and oxygen atoms in total. The van der Waals surface area contributed by atoms with E-state index < -0.39 is 0 Å². The molecule has 5 heteroatoms. The number of rotatable bonds is 2. The molecule has 1 aliphatic carbocycles. The number of nitrogens with zero attached hydrogens (tertiary/aromatic N) is 2. The Hall–Kier alpha value is -1.36. The van der Waals surface area contributed by atoms with Crippen LogP contribution >= 0.6 is 15.9 Å². The second-order valence-corrected chi connectivity index (χ2v) is 7.47. The molecule has 112 valence electrons. The summed E-state index contributed by atoms with van der Waals surface area (Å²) < 4.78 is 16.0. The van der Waals surface area contributed by atoms with Gasteiger partial charge >= 0.3 is 0 Å². The number of imidazole rings is 1. The highest BCUT2D eigenvalue weighted by Gasteiger charge is 2.34. The molecule has 21 heavy (non-hydrogen) atoms. The third kappa shape index (κ3) is 2.59. The van der Waals surface area contributed by atoms with Crippen molar-refractivity contribution in [2.24, 2.45) is 0 Å². The van der Waals surface area contributed by atoms with E-state index in [0.29, 0.717) is 16.2 Å². The Kier molecular flexibility index (Phi) is 3.35. The molecule has 2 aromatic rings. The first-order valence-electron chi connectivity index (χ1n) is 7.13. The van der Waals surface area contributed by atoms with Crippen molar-refractivity contribution in [1.29, 1.82) is 0 Å². The van der Waals surface area contributed by atoms with Crippen LogP contribution in [0.5, 0.6) is 0 Å². The zero-order chi connectivity index (χ0) is 15.4. The lowest BCUT2D eigenvalue weighted by atomic mass is 10.1. The predicted octanol–water partition coefficient (Wildman–Crippen LogP) is 4.67. The highest BCUT2D eigenvalue weighted by atomic mass is 79.9. The highest BCUT2D eigenvalue weighted by Crippen LogP contribution is 2.44. The van der Waals surface area contributed by atoms with Crippen LogP contribution in [0.4, 0.5) is 10.2 Å². The van der Waals surface area contributed by atoms with Crippen molar-refractivity contribution in [3.05, 3.63) is 34.3 Å². The fraction of sp³-hybridized carbons (Fsp3) is 0.438. The van der Waals surface area contributed by atoms with Crippen LogP contribution in [0.2, 0.25) is 0 Å². The van der Waals surface area contributed by atoms with Crippen LogP contribution in [0.25, 0.3) is 11.3 Å². The lowest BCUT2D eigenvalue weighted by molar-refractivity contribution is 0.388. The molecule has 0 aliphatic heterocycles. The average molecular weight is 352 g/mol. The zero-order valence-electron chi connectivity index (χ0n) is 12.5. The van der Waals surface area contributed by atoms with Gasteiger partial charge < -0.3 is 10.3 Å². The Morgan fingerprint density at radius 3 is 2.52 bits per heavy atom. The Morgan fingerprint density at radius 1 is 1.33 bits per heavy atom. The number of hydrogen-bond donors (Lipinski definition) is 1. The Balaban J connectivity index is 2.17. The van der Waals surface area contributed by atoms with Gasteiger partial charge in [-0.3, -0.25) is 0 Å². The van der Waals surface area contributed by atoms with Gasteiger partial charge in [-0.25, -0.2) is 9.37 Å². The van der Waals surface area contributed by atoms with Gasteiger partial charge in [0.2, 0.25) is 0 Å². The molecule has 2 N–H and O–H groups in total. The van der Waals surface area contributed by atoms with Gasteiger partial charge in [0.1, 0.15) is 23.2 Å². The lowest BCUT2D eigenvalue weighted by Crippen LogP contribution is -2.25. The topological polar surface area (TPSA) is 43.8 Å². The smallest absolute Gasteiger partial charge is 0.137 e. The molecule has 0 atom stereocenters. The minimum Gasteiger partial charge on any atom is -0.383 e. The normalized spacial score (nSPS) is 15.5. The maximum absolute atomic E-state index is 13.4. The van der Waals surface area contributed by atoms with Gasteiger partial charge in [0.15, 0.2) is 0 Å². The van der Waals surface area contributed by atoms with E-state index in [1.807, 2.05) is 0 Å². The van der Waals surface area contributed by atoms with Crippen LogP contribution < -0.4 is 5.73 Å².